The quantitative estimate of drug-likeness (QED) is 0.296. The van der Waals surface area contributed by atoms with E-state index in [4.69, 9.17) is 0 Å². The summed E-state index contributed by atoms with van der Waals surface area (Å²) in [5.74, 6) is 0. The van der Waals surface area contributed by atoms with Crippen LogP contribution in [0.2, 0.25) is 0 Å². The molecule has 0 aliphatic heterocycles. The molecule has 6 aromatic rings. The molecular formula is C24H18N2. The first-order valence-electron chi connectivity index (χ1n) is 8.99. The van der Waals surface area contributed by atoms with Gasteiger partial charge in [-0.2, -0.15) is 0 Å². The van der Waals surface area contributed by atoms with Crippen molar-refractivity contribution in [3.63, 3.8) is 0 Å². The van der Waals surface area contributed by atoms with Gasteiger partial charge in [0.2, 0.25) is 0 Å². The smallest absolute Gasteiger partial charge is 0.0557 e. The molecule has 124 valence electrons. The predicted octanol–water partition coefficient (Wildman–Crippen LogP) is 6.13. The van der Waals surface area contributed by atoms with Gasteiger partial charge in [-0.3, -0.25) is 0 Å². The van der Waals surface area contributed by atoms with Crippen LogP contribution in [0, 0.1) is 0 Å². The largest absolute Gasteiger partial charge is 0.350 e. The molecule has 2 aromatic heterocycles. The van der Waals surface area contributed by atoms with E-state index < -0.39 is 0 Å². The molecule has 2 heterocycles. The van der Waals surface area contributed by atoms with Crippen molar-refractivity contribution in [1.82, 2.24) is 9.13 Å². The van der Waals surface area contributed by atoms with E-state index in [1.54, 1.807) is 0 Å². The number of fused-ring (bicyclic) bond motifs is 9. The number of benzene rings is 4. The SMILES string of the molecule is Cn1ccc2ccc3c4ccc5c(ccc6ccn(C)c65)c4ccc3c21. The fraction of sp³-hybridized carbons (Fsp3) is 0.0833. The lowest BCUT2D eigenvalue weighted by atomic mass is 9.95. The number of hydrogen-bond donors (Lipinski definition) is 0. The van der Waals surface area contributed by atoms with Gasteiger partial charge in [0.1, 0.15) is 0 Å². The average molecular weight is 334 g/mol. The van der Waals surface area contributed by atoms with Crippen LogP contribution in [-0.4, -0.2) is 9.13 Å². The van der Waals surface area contributed by atoms with Crippen LogP contribution in [0.25, 0.3) is 54.1 Å². The van der Waals surface area contributed by atoms with E-state index in [1.807, 2.05) is 0 Å². The van der Waals surface area contributed by atoms with E-state index in [0.717, 1.165) is 0 Å². The molecule has 0 N–H and O–H groups in total. The van der Waals surface area contributed by atoms with Gasteiger partial charge < -0.3 is 9.13 Å². The van der Waals surface area contributed by atoms with E-state index in [-0.39, 0.29) is 0 Å². The Bertz CT molecular complexity index is 1380. The topological polar surface area (TPSA) is 9.86 Å². The number of aromatic nitrogens is 2. The molecule has 4 aromatic carbocycles. The van der Waals surface area contributed by atoms with E-state index in [1.165, 1.54) is 54.1 Å². The molecule has 26 heavy (non-hydrogen) atoms. The molecule has 2 nitrogen and oxygen atoms in total. The summed E-state index contributed by atoms with van der Waals surface area (Å²) < 4.78 is 4.44. The van der Waals surface area contributed by atoms with Gasteiger partial charge in [0.25, 0.3) is 0 Å². The monoisotopic (exact) mass is 334 g/mol. The lowest BCUT2D eigenvalue weighted by Gasteiger charge is -2.11. The van der Waals surface area contributed by atoms with Crippen LogP contribution < -0.4 is 0 Å². The van der Waals surface area contributed by atoms with Crippen molar-refractivity contribution in [3.8, 4) is 0 Å². The van der Waals surface area contributed by atoms with E-state index in [2.05, 4.69) is 96.3 Å². The van der Waals surface area contributed by atoms with Crippen molar-refractivity contribution in [2.24, 2.45) is 14.1 Å². The summed E-state index contributed by atoms with van der Waals surface area (Å²) in [6.45, 7) is 0. The highest BCUT2D eigenvalue weighted by Crippen LogP contribution is 2.36. The van der Waals surface area contributed by atoms with Gasteiger partial charge >= 0.3 is 0 Å². The highest BCUT2D eigenvalue weighted by molar-refractivity contribution is 6.24. The van der Waals surface area contributed by atoms with Crippen LogP contribution in [0.1, 0.15) is 0 Å². The van der Waals surface area contributed by atoms with Gasteiger partial charge in [-0.25, -0.2) is 0 Å². The Morgan fingerprint density at radius 1 is 0.423 bits per heavy atom. The minimum atomic E-state index is 1.30. The molecule has 0 unspecified atom stereocenters. The maximum Gasteiger partial charge on any atom is 0.0557 e. The summed E-state index contributed by atoms with van der Waals surface area (Å²) >= 11 is 0. The summed E-state index contributed by atoms with van der Waals surface area (Å²) in [6.07, 6.45) is 4.28. The number of hydrogen-bond acceptors (Lipinski definition) is 0. The molecule has 0 radical (unpaired) electrons. The normalized spacial score (nSPS) is 12.2. The summed E-state index contributed by atoms with van der Waals surface area (Å²) in [4.78, 5) is 0. The van der Waals surface area contributed by atoms with Gasteiger partial charge in [-0.05, 0) is 33.7 Å². The van der Waals surface area contributed by atoms with E-state index in [9.17, 15) is 0 Å². The zero-order chi connectivity index (χ0) is 17.4. The maximum atomic E-state index is 2.29. The van der Waals surface area contributed by atoms with Crippen LogP contribution in [0.3, 0.4) is 0 Å². The molecule has 0 aliphatic carbocycles. The summed E-state index contributed by atoms with van der Waals surface area (Å²) in [5, 5.41) is 10.5. The highest BCUT2D eigenvalue weighted by Gasteiger charge is 2.11. The second kappa shape index (κ2) is 4.67. The predicted molar refractivity (Wildman–Crippen MR) is 112 cm³/mol. The van der Waals surface area contributed by atoms with Crippen molar-refractivity contribution < 1.29 is 0 Å². The van der Waals surface area contributed by atoms with Crippen LogP contribution in [0.4, 0.5) is 0 Å². The molecule has 0 aliphatic rings. The molecule has 0 atom stereocenters. The van der Waals surface area contributed by atoms with Crippen LogP contribution in [0.5, 0.6) is 0 Å². The second-order valence-electron chi connectivity index (χ2n) is 7.28. The number of aryl methyl sites for hydroxylation is 2. The summed E-state index contributed by atoms with van der Waals surface area (Å²) in [7, 11) is 4.25. The minimum absolute atomic E-state index is 1.30. The van der Waals surface area contributed by atoms with Gasteiger partial charge in [0.05, 0.1) is 11.0 Å². The van der Waals surface area contributed by atoms with Gasteiger partial charge in [-0.1, -0.05) is 48.5 Å². The minimum Gasteiger partial charge on any atom is -0.350 e. The molecule has 0 saturated heterocycles. The van der Waals surface area contributed by atoms with Crippen molar-refractivity contribution in [1.29, 1.82) is 0 Å². The maximum absolute atomic E-state index is 2.29. The molecule has 6 rings (SSSR count). The third-order valence-electron chi connectivity index (χ3n) is 5.86. The summed E-state index contributed by atoms with van der Waals surface area (Å²) in [5.41, 5.74) is 2.62. The van der Waals surface area contributed by atoms with Crippen molar-refractivity contribution in [2.45, 2.75) is 0 Å². The zero-order valence-electron chi connectivity index (χ0n) is 14.8. The first-order chi connectivity index (χ1) is 12.7. The third-order valence-corrected chi connectivity index (χ3v) is 5.86. The molecule has 0 bridgehead atoms. The van der Waals surface area contributed by atoms with Crippen molar-refractivity contribution in [2.75, 3.05) is 0 Å². The Balaban J connectivity index is 1.84. The second-order valence-corrected chi connectivity index (χ2v) is 7.28. The first kappa shape index (κ1) is 14.0. The summed E-state index contributed by atoms with van der Waals surface area (Å²) in [6, 6.07) is 22.5. The Labute approximate surface area is 150 Å². The Hall–Kier alpha value is -3.26. The number of nitrogens with zero attached hydrogens (tertiary/aromatic N) is 2. The van der Waals surface area contributed by atoms with Gasteiger partial charge in [0, 0.05) is 48.0 Å². The van der Waals surface area contributed by atoms with Crippen LogP contribution in [0.15, 0.2) is 73.1 Å². The third kappa shape index (κ3) is 1.62. The Morgan fingerprint density at radius 3 is 1.23 bits per heavy atom. The van der Waals surface area contributed by atoms with E-state index >= 15 is 0 Å². The fourth-order valence-electron chi connectivity index (χ4n) is 4.63. The lowest BCUT2D eigenvalue weighted by Crippen LogP contribution is -1.89. The molecular weight excluding hydrogens is 316 g/mol. The number of rotatable bonds is 0. The van der Waals surface area contributed by atoms with E-state index in [0.29, 0.717) is 0 Å². The first-order valence-corrected chi connectivity index (χ1v) is 8.99. The van der Waals surface area contributed by atoms with Crippen LogP contribution in [-0.2, 0) is 14.1 Å². The highest BCUT2D eigenvalue weighted by atomic mass is 14.9. The van der Waals surface area contributed by atoms with Crippen molar-refractivity contribution in [3.05, 3.63) is 73.1 Å². The van der Waals surface area contributed by atoms with Crippen molar-refractivity contribution >= 4 is 54.1 Å². The standard InChI is InChI=1S/C24H18N2/c1-25-13-11-15-3-5-19-17-8-10-22-20(18(17)7-9-21(19)23(15)25)6-4-16-12-14-26(2)24(16)22/h3-14H,1-2H3. The Kier molecular flexibility index (Phi) is 2.51. The van der Waals surface area contributed by atoms with Gasteiger partial charge in [0.15, 0.2) is 0 Å². The molecule has 0 fully saturated rings. The fourth-order valence-corrected chi connectivity index (χ4v) is 4.63. The molecule has 0 spiro atoms. The lowest BCUT2D eigenvalue weighted by molar-refractivity contribution is 0.973. The Morgan fingerprint density at radius 2 is 0.769 bits per heavy atom. The molecule has 2 heteroatoms. The molecule has 0 saturated carbocycles. The zero-order valence-corrected chi connectivity index (χ0v) is 14.8. The average Bonchev–Trinajstić information content (AvgIpc) is 3.24. The molecule has 0 amide bonds. The van der Waals surface area contributed by atoms with Crippen LogP contribution >= 0.6 is 0 Å². The van der Waals surface area contributed by atoms with Gasteiger partial charge in [-0.15, -0.1) is 0 Å².